The van der Waals surface area contributed by atoms with Gasteiger partial charge in [0, 0.05) is 46.8 Å². The number of aromatic nitrogens is 1. The molecule has 0 bridgehead atoms. The fraction of sp³-hybridized carbons (Fsp3) is 0.286. The third-order valence-electron chi connectivity index (χ3n) is 6.29. The zero-order chi connectivity index (χ0) is 23.5. The molecule has 1 fully saturated rings. The topological polar surface area (TPSA) is 31.5 Å². The first-order chi connectivity index (χ1) is 16.5. The minimum atomic E-state index is -0.272. The first kappa shape index (κ1) is 22.9. The van der Waals surface area contributed by atoms with Crippen molar-refractivity contribution in [2.45, 2.75) is 32.5 Å². The second kappa shape index (κ2) is 10.2. The molecule has 3 aromatic carbocycles. The van der Waals surface area contributed by atoms with E-state index in [0.29, 0.717) is 23.1 Å². The molecule has 1 aliphatic heterocycles. The maximum Gasteiger partial charge on any atom is 0.132 e. The molecule has 0 amide bonds. The van der Waals surface area contributed by atoms with Crippen molar-refractivity contribution in [1.82, 2.24) is 14.8 Å². The summed E-state index contributed by atoms with van der Waals surface area (Å²) in [6, 6.07) is 20.6. The van der Waals surface area contributed by atoms with Gasteiger partial charge in [0.15, 0.2) is 0 Å². The monoisotopic (exact) mass is 477 g/mol. The van der Waals surface area contributed by atoms with Gasteiger partial charge in [0.1, 0.15) is 17.3 Å². The number of H-pyrrole nitrogens is 1. The molecule has 4 nitrogen and oxygen atoms in total. The molecule has 176 valence electrons. The SMILES string of the molecule is CN(Cc1ccc2[nH]c(CN3CCCC3)cc2c1)Cc1cc(F)ccc1Oc1ccc(Cl)cc1. The average molecular weight is 478 g/mol. The molecule has 4 aromatic rings. The lowest BCUT2D eigenvalue weighted by Crippen LogP contribution is -2.18. The first-order valence-electron chi connectivity index (χ1n) is 11.8. The largest absolute Gasteiger partial charge is 0.457 e. The molecule has 0 aliphatic carbocycles. The van der Waals surface area contributed by atoms with E-state index in [9.17, 15) is 4.39 Å². The maximum atomic E-state index is 14.0. The summed E-state index contributed by atoms with van der Waals surface area (Å²) in [4.78, 5) is 8.23. The minimum absolute atomic E-state index is 0.272. The van der Waals surface area contributed by atoms with E-state index in [1.165, 1.54) is 54.2 Å². The summed E-state index contributed by atoms with van der Waals surface area (Å²) in [5.41, 5.74) is 4.46. The number of ether oxygens (including phenoxy) is 1. The summed E-state index contributed by atoms with van der Waals surface area (Å²) in [5.74, 6) is 1.04. The van der Waals surface area contributed by atoms with Crippen LogP contribution in [-0.2, 0) is 19.6 Å². The van der Waals surface area contributed by atoms with Gasteiger partial charge in [-0.1, -0.05) is 17.7 Å². The van der Waals surface area contributed by atoms with Crippen molar-refractivity contribution in [3.8, 4) is 11.5 Å². The van der Waals surface area contributed by atoms with Crippen LogP contribution in [0.1, 0.15) is 29.7 Å². The Kier molecular flexibility index (Phi) is 6.86. The van der Waals surface area contributed by atoms with Gasteiger partial charge in [-0.25, -0.2) is 4.39 Å². The molecule has 6 heteroatoms. The summed E-state index contributed by atoms with van der Waals surface area (Å²) in [7, 11) is 2.04. The predicted molar refractivity (Wildman–Crippen MR) is 136 cm³/mol. The number of halogens is 2. The Morgan fingerprint density at radius 2 is 1.76 bits per heavy atom. The van der Waals surface area contributed by atoms with E-state index in [-0.39, 0.29) is 5.82 Å². The number of likely N-dealkylation sites (tertiary alicyclic amines) is 1. The summed E-state index contributed by atoms with van der Waals surface area (Å²) < 4.78 is 20.1. The van der Waals surface area contributed by atoms with Crippen molar-refractivity contribution < 1.29 is 9.13 Å². The Morgan fingerprint density at radius 3 is 2.56 bits per heavy atom. The Bertz CT molecular complexity index is 1260. The van der Waals surface area contributed by atoms with Crippen LogP contribution in [0.25, 0.3) is 10.9 Å². The molecule has 0 atom stereocenters. The maximum absolute atomic E-state index is 14.0. The number of nitrogens with one attached hydrogen (secondary N) is 1. The second-order valence-corrected chi connectivity index (χ2v) is 9.62. The molecule has 1 aromatic heterocycles. The highest BCUT2D eigenvalue weighted by Crippen LogP contribution is 2.28. The predicted octanol–water partition coefficient (Wildman–Crippen LogP) is 6.98. The molecule has 0 spiro atoms. The third-order valence-corrected chi connectivity index (χ3v) is 6.54. The number of hydrogen-bond acceptors (Lipinski definition) is 3. The lowest BCUT2D eigenvalue weighted by molar-refractivity contribution is 0.313. The van der Waals surface area contributed by atoms with Gasteiger partial charge < -0.3 is 9.72 Å². The summed E-state index contributed by atoms with van der Waals surface area (Å²) in [6.07, 6.45) is 2.60. The van der Waals surface area contributed by atoms with Gasteiger partial charge in [0.05, 0.1) is 0 Å². The van der Waals surface area contributed by atoms with Crippen molar-refractivity contribution in [2.75, 3.05) is 20.1 Å². The quantitative estimate of drug-likeness (QED) is 0.297. The minimum Gasteiger partial charge on any atom is -0.457 e. The average Bonchev–Trinajstić information content (AvgIpc) is 3.46. The van der Waals surface area contributed by atoms with Crippen LogP contribution in [0.5, 0.6) is 11.5 Å². The Balaban J connectivity index is 1.27. The highest BCUT2D eigenvalue weighted by atomic mass is 35.5. The van der Waals surface area contributed by atoms with E-state index in [1.807, 2.05) is 19.2 Å². The van der Waals surface area contributed by atoms with Gasteiger partial charge in [-0.05, 0) is 99.2 Å². The second-order valence-electron chi connectivity index (χ2n) is 9.18. The molecule has 1 saturated heterocycles. The van der Waals surface area contributed by atoms with Gasteiger partial charge in [-0.15, -0.1) is 0 Å². The number of hydrogen-bond donors (Lipinski definition) is 1. The molecule has 1 N–H and O–H groups in total. The number of benzene rings is 3. The molecule has 0 unspecified atom stereocenters. The van der Waals surface area contributed by atoms with Crippen LogP contribution in [-0.4, -0.2) is 34.9 Å². The normalized spacial score (nSPS) is 14.4. The van der Waals surface area contributed by atoms with Crippen LogP contribution in [0.15, 0.2) is 66.7 Å². The standard InChI is InChI=1S/C28H29ClFN3O/c1-32(18-22-15-24(30)7-11-28(22)34-26-8-5-23(29)6-9-26)17-20-4-10-27-21(14-20)16-25(31-27)19-33-12-2-3-13-33/h4-11,14-16,31H,2-3,12-13,17-19H2,1H3. The van der Waals surface area contributed by atoms with Crippen LogP contribution in [0.2, 0.25) is 5.02 Å². The molecular formula is C28H29ClFN3O. The molecule has 2 heterocycles. The zero-order valence-electron chi connectivity index (χ0n) is 19.4. The van der Waals surface area contributed by atoms with Gasteiger partial charge >= 0.3 is 0 Å². The van der Waals surface area contributed by atoms with Gasteiger partial charge in [-0.3, -0.25) is 9.80 Å². The molecular weight excluding hydrogens is 449 g/mol. The van der Waals surface area contributed by atoms with E-state index in [4.69, 9.17) is 16.3 Å². The van der Waals surface area contributed by atoms with Gasteiger partial charge in [0.25, 0.3) is 0 Å². The van der Waals surface area contributed by atoms with Crippen LogP contribution in [0, 0.1) is 5.82 Å². The number of fused-ring (bicyclic) bond motifs is 1. The van der Waals surface area contributed by atoms with Gasteiger partial charge in [-0.2, -0.15) is 0 Å². The van der Waals surface area contributed by atoms with E-state index in [2.05, 4.69) is 39.0 Å². The number of aromatic amines is 1. The van der Waals surface area contributed by atoms with Crippen LogP contribution < -0.4 is 4.74 Å². The van der Waals surface area contributed by atoms with Crippen molar-refractivity contribution in [3.63, 3.8) is 0 Å². The summed E-state index contributed by atoms with van der Waals surface area (Å²) >= 11 is 5.97. The lowest BCUT2D eigenvalue weighted by atomic mass is 10.1. The fourth-order valence-corrected chi connectivity index (χ4v) is 4.79. The smallest absolute Gasteiger partial charge is 0.132 e. The Morgan fingerprint density at radius 1 is 0.971 bits per heavy atom. The zero-order valence-corrected chi connectivity index (χ0v) is 20.1. The molecule has 0 radical (unpaired) electrons. The van der Waals surface area contributed by atoms with Crippen molar-refractivity contribution in [3.05, 3.63) is 94.4 Å². The van der Waals surface area contributed by atoms with Crippen LogP contribution in [0.4, 0.5) is 4.39 Å². The molecule has 5 rings (SSSR count). The Hall–Kier alpha value is -2.86. The van der Waals surface area contributed by atoms with Gasteiger partial charge in [0.2, 0.25) is 0 Å². The molecule has 34 heavy (non-hydrogen) atoms. The van der Waals surface area contributed by atoms with E-state index >= 15 is 0 Å². The van der Waals surface area contributed by atoms with E-state index in [0.717, 1.165) is 18.7 Å². The van der Waals surface area contributed by atoms with E-state index < -0.39 is 0 Å². The molecule has 1 aliphatic rings. The highest BCUT2D eigenvalue weighted by molar-refractivity contribution is 6.30. The fourth-order valence-electron chi connectivity index (χ4n) is 4.67. The van der Waals surface area contributed by atoms with Crippen LogP contribution in [0.3, 0.4) is 0 Å². The van der Waals surface area contributed by atoms with Crippen molar-refractivity contribution in [2.24, 2.45) is 0 Å². The number of rotatable bonds is 8. The number of nitrogens with zero attached hydrogens (tertiary/aromatic N) is 2. The summed E-state index contributed by atoms with van der Waals surface area (Å²) in [5, 5.41) is 1.88. The van der Waals surface area contributed by atoms with Crippen molar-refractivity contribution >= 4 is 22.5 Å². The van der Waals surface area contributed by atoms with E-state index in [1.54, 1.807) is 24.3 Å². The molecule has 0 saturated carbocycles. The van der Waals surface area contributed by atoms with Crippen LogP contribution >= 0.6 is 11.6 Å². The first-order valence-corrected chi connectivity index (χ1v) is 12.1. The van der Waals surface area contributed by atoms with Crippen molar-refractivity contribution in [1.29, 1.82) is 0 Å². The third kappa shape index (κ3) is 5.61. The Labute approximate surface area is 204 Å². The highest BCUT2D eigenvalue weighted by Gasteiger charge is 2.14. The lowest BCUT2D eigenvalue weighted by Gasteiger charge is -2.19. The summed E-state index contributed by atoms with van der Waals surface area (Å²) in [6.45, 7) is 4.68.